The second-order valence-electron chi connectivity index (χ2n) is 5.00. The molecule has 0 bridgehead atoms. The van der Waals surface area contributed by atoms with Crippen molar-refractivity contribution >= 4 is 33.2 Å². The minimum absolute atomic E-state index is 0.0979. The third-order valence-electron chi connectivity index (χ3n) is 3.76. The molecule has 2 rings (SSSR count). The molecule has 2 N–H and O–H groups in total. The van der Waals surface area contributed by atoms with Gasteiger partial charge in [-0.25, -0.2) is 8.42 Å². The first kappa shape index (κ1) is 16.0. The summed E-state index contributed by atoms with van der Waals surface area (Å²) in [5, 5.41) is 0.538. The van der Waals surface area contributed by atoms with Gasteiger partial charge in [0.2, 0.25) is 10.0 Å². The summed E-state index contributed by atoms with van der Waals surface area (Å²) in [5.41, 5.74) is 6.16. The van der Waals surface area contributed by atoms with Gasteiger partial charge < -0.3 is 5.73 Å². The zero-order valence-corrected chi connectivity index (χ0v) is 13.6. The molecule has 1 aliphatic heterocycles. The first-order valence-electron chi connectivity index (χ1n) is 6.58. The molecule has 1 aliphatic rings. The van der Waals surface area contributed by atoms with Crippen molar-refractivity contribution in [1.29, 1.82) is 0 Å². The molecule has 4 nitrogen and oxygen atoms in total. The van der Waals surface area contributed by atoms with Crippen LogP contribution in [0.4, 0.5) is 0 Å². The lowest BCUT2D eigenvalue weighted by molar-refractivity contribution is 0.453. The van der Waals surface area contributed by atoms with Crippen molar-refractivity contribution in [1.82, 2.24) is 4.31 Å². The smallest absolute Gasteiger partial charge is 0.244 e. The molecule has 0 radical (unpaired) electrons. The summed E-state index contributed by atoms with van der Waals surface area (Å²) < 4.78 is 26.8. The molecule has 0 spiro atoms. The van der Waals surface area contributed by atoms with Crippen molar-refractivity contribution in [2.45, 2.75) is 31.2 Å². The number of hydrogen-bond donors (Lipinski definition) is 1. The summed E-state index contributed by atoms with van der Waals surface area (Å²) in [5.74, 6) is 0.421. The van der Waals surface area contributed by atoms with Crippen LogP contribution in [0, 0.1) is 5.92 Å². The van der Waals surface area contributed by atoms with Gasteiger partial charge in [0.25, 0.3) is 0 Å². The van der Waals surface area contributed by atoms with Crippen molar-refractivity contribution in [2.24, 2.45) is 11.7 Å². The molecule has 1 saturated heterocycles. The quantitative estimate of drug-likeness (QED) is 0.919. The van der Waals surface area contributed by atoms with Crippen molar-refractivity contribution in [3.8, 4) is 0 Å². The Morgan fingerprint density at radius 1 is 1.35 bits per heavy atom. The third-order valence-corrected chi connectivity index (χ3v) is 6.45. The van der Waals surface area contributed by atoms with E-state index in [4.69, 9.17) is 28.9 Å². The normalized spacial score (nSPS) is 20.5. The second kappa shape index (κ2) is 6.20. The lowest BCUT2D eigenvalue weighted by atomic mass is 10.1. The average Bonchev–Trinajstić information content (AvgIpc) is 2.88. The largest absolute Gasteiger partial charge is 0.326 e. The van der Waals surface area contributed by atoms with Gasteiger partial charge in [0.05, 0.1) is 5.02 Å². The van der Waals surface area contributed by atoms with E-state index >= 15 is 0 Å². The van der Waals surface area contributed by atoms with Crippen LogP contribution in [0.3, 0.4) is 0 Å². The minimum Gasteiger partial charge on any atom is -0.326 e. The standard InChI is InChI=1S/C13H18Cl2N2O2S/c1-2-9-3-4-17(8-9)20(18,19)13-5-10(7-16)11(14)6-12(13)15/h5-6,9H,2-4,7-8,16H2,1H3. The summed E-state index contributed by atoms with van der Waals surface area (Å²) >= 11 is 12.0. The van der Waals surface area contributed by atoms with Gasteiger partial charge >= 0.3 is 0 Å². The molecule has 0 aromatic heterocycles. The van der Waals surface area contributed by atoms with Crippen LogP contribution in [0.1, 0.15) is 25.3 Å². The molecule has 20 heavy (non-hydrogen) atoms. The van der Waals surface area contributed by atoms with Gasteiger partial charge in [0.1, 0.15) is 4.90 Å². The lowest BCUT2D eigenvalue weighted by Crippen LogP contribution is -2.29. The van der Waals surface area contributed by atoms with Gasteiger partial charge in [0.15, 0.2) is 0 Å². The number of halogens is 2. The molecular formula is C13H18Cl2N2O2S. The Labute approximate surface area is 129 Å². The number of hydrogen-bond acceptors (Lipinski definition) is 3. The summed E-state index contributed by atoms with van der Waals surface area (Å²) in [6.45, 7) is 3.34. The number of nitrogens with zero attached hydrogens (tertiary/aromatic N) is 1. The van der Waals surface area contributed by atoms with E-state index in [-0.39, 0.29) is 16.5 Å². The minimum atomic E-state index is -3.57. The molecule has 1 atom stereocenters. The van der Waals surface area contributed by atoms with Gasteiger partial charge in [-0.3, -0.25) is 0 Å². The zero-order valence-electron chi connectivity index (χ0n) is 11.3. The summed E-state index contributed by atoms with van der Waals surface area (Å²) in [6.07, 6.45) is 1.87. The van der Waals surface area contributed by atoms with E-state index in [9.17, 15) is 8.42 Å². The molecule has 0 aliphatic carbocycles. The van der Waals surface area contributed by atoms with E-state index in [1.165, 1.54) is 16.4 Å². The molecule has 1 heterocycles. The Kier molecular flexibility index (Phi) is 4.97. The Hall–Kier alpha value is -0.330. The molecular weight excluding hydrogens is 319 g/mol. The summed E-state index contributed by atoms with van der Waals surface area (Å²) in [6, 6.07) is 2.94. The lowest BCUT2D eigenvalue weighted by Gasteiger charge is -2.18. The first-order valence-corrected chi connectivity index (χ1v) is 8.77. The van der Waals surface area contributed by atoms with Gasteiger partial charge in [-0.2, -0.15) is 4.31 Å². The summed E-state index contributed by atoms with van der Waals surface area (Å²) in [7, 11) is -3.57. The van der Waals surface area contributed by atoms with Crippen LogP contribution in [0.25, 0.3) is 0 Å². The molecule has 1 aromatic carbocycles. The molecule has 0 saturated carbocycles. The topological polar surface area (TPSA) is 63.4 Å². The number of rotatable bonds is 4. The molecule has 0 amide bonds. The first-order chi connectivity index (χ1) is 9.40. The number of sulfonamides is 1. The van der Waals surface area contributed by atoms with Gasteiger partial charge in [-0.1, -0.05) is 36.5 Å². The average molecular weight is 337 g/mol. The van der Waals surface area contributed by atoms with Crippen molar-refractivity contribution in [3.63, 3.8) is 0 Å². The predicted molar refractivity (Wildman–Crippen MR) is 81.5 cm³/mol. The van der Waals surface area contributed by atoms with Crippen LogP contribution in [-0.4, -0.2) is 25.8 Å². The van der Waals surface area contributed by atoms with Crippen molar-refractivity contribution in [2.75, 3.05) is 13.1 Å². The highest BCUT2D eigenvalue weighted by Gasteiger charge is 2.33. The fourth-order valence-corrected chi connectivity index (χ4v) is 4.79. The van der Waals surface area contributed by atoms with E-state index in [1.807, 2.05) is 0 Å². The Morgan fingerprint density at radius 3 is 2.60 bits per heavy atom. The third kappa shape index (κ3) is 2.97. The molecule has 112 valence electrons. The van der Waals surface area contributed by atoms with Crippen LogP contribution in [0.5, 0.6) is 0 Å². The van der Waals surface area contributed by atoms with Crippen LogP contribution in [-0.2, 0) is 16.6 Å². The van der Waals surface area contributed by atoms with Crippen molar-refractivity contribution < 1.29 is 8.42 Å². The van der Waals surface area contributed by atoms with Crippen LogP contribution in [0.2, 0.25) is 10.0 Å². The maximum atomic E-state index is 12.7. The van der Waals surface area contributed by atoms with Crippen LogP contribution in [0.15, 0.2) is 17.0 Å². The maximum Gasteiger partial charge on any atom is 0.244 e. The van der Waals surface area contributed by atoms with Gasteiger partial charge in [-0.05, 0) is 30.0 Å². The highest BCUT2D eigenvalue weighted by molar-refractivity contribution is 7.89. The second-order valence-corrected chi connectivity index (χ2v) is 7.72. The Morgan fingerprint density at radius 2 is 2.05 bits per heavy atom. The maximum absolute atomic E-state index is 12.7. The number of benzene rings is 1. The highest BCUT2D eigenvalue weighted by Crippen LogP contribution is 2.33. The van der Waals surface area contributed by atoms with E-state index < -0.39 is 10.0 Å². The van der Waals surface area contributed by atoms with E-state index in [2.05, 4.69) is 6.92 Å². The fourth-order valence-electron chi connectivity index (χ4n) is 2.41. The fraction of sp³-hybridized carbons (Fsp3) is 0.538. The summed E-state index contributed by atoms with van der Waals surface area (Å²) in [4.78, 5) is 0.0979. The van der Waals surface area contributed by atoms with Crippen LogP contribution < -0.4 is 5.73 Å². The predicted octanol–water partition coefficient (Wildman–Crippen LogP) is 2.87. The van der Waals surface area contributed by atoms with E-state index in [0.29, 0.717) is 29.6 Å². The van der Waals surface area contributed by atoms with E-state index in [0.717, 1.165) is 12.8 Å². The molecule has 1 aromatic rings. The SMILES string of the molecule is CCC1CCN(S(=O)(=O)c2cc(CN)c(Cl)cc2Cl)C1. The monoisotopic (exact) mass is 336 g/mol. The van der Waals surface area contributed by atoms with Gasteiger partial charge in [-0.15, -0.1) is 0 Å². The molecule has 1 unspecified atom stereocenters. The van der Waals surface area contributed by atoms with Crippen LogP contribution >= 0.6 is 23.2 Å². The van der Waals surface area contributed by atoms with Gasteiger partial charge in [0, 0.05) is 24.7 Å². The van der Waals surface area contributed by atoms with Crippen molar-refractivity contribution in [3.05, 3.63) is 27.7 Å². The Bertz CT molecular complexity index is 605. The molecule has 1 fully saturated rings. The number of nitrogens with two attached hydrogens (primary N) is 1. The Balaban J connectivity index is 2.40. The highest BCUT2D eigenvalue weighted by atomic mass is 35.5. The van der Waals surface area contributed by atoms with E-state index in [1.54, 1.807) is 0 Å². The zero-order chi connectivity index (χ0) is 14.9. The molecule has 7 heteroatoms.